The molecular formula is C21H16O5S. The van der Waals surface area contributed by atoms with E-state index in [-0.39, 0.29) is 21.8 Å². The second-order valence-electron chi connectivity index (χ2n) is 6.36. The van der Waals surface area contributed by atoms with Crippen molar-refractivity contribution in [3.8, 4) is 11.5 Å². The van der Waals surface area contributed by atoms with Crippen LogP contribution in [-0.2, 0) is 16.5 Å². The number of fused-ring (bicyclic) bond motifs is 2. The maximum Gasteiger partial charge on any atom is 0.295 e. The van der Waals surface area contributed by atoms with E-state index in [0.29, 0.717) is 17.4 Å². The molecule has 27 heavy (non-hydrogen) atoms. The molecule has 0 radical (unpaired) electrons. The number of phenols is 2. The van der Waals surface area contributed by atoms with Crippen molar-refractivity contribution >= 4 is 31.7 Å². The third-order valence-electron chi connectivity index (χ3n) is 4.71. The Morgan fingerprint density at radius 3 is 2.04 bits per heavy atom. The molecule has 4 rings (SSSR count). The molecule has 0 aliphatic heterocycles. The summed E-state index contributed by atoms with van der Waals surface area (Å²) in [6, 6.07) is 18.4. The van der Waals surface area contributed by atoms with E-state index < -0.39 is 10.1 Å². The van der Waals surface area contributed by atoms with Gasteiger partial charge in [-0.25, -0.2) is 0 Å². The first-order valence-corrected chi connectivity index (χ1v) is 9.71. The van der Waals surface area contributed by atoms with Gasteiger partial charge < -0.3 is 10.2 Å². The number of hydrogen-bond donors (Lipinski definition) is 3. The van der Waals surface area contributed by atoms with Crippen LogP contribution in [-0.4, -0.2) is 23.2 Å². The third-order valence-corrected chi connectivity index (χ3v) is 5.62. The Morgan fingerprint density at radius 1 is 0.667 bits per heavy atom. The summed E-state index contributed by atoms with van der Waals surface area (Å²) < 4.78 is 32.9. The Bertz CT molecular complexity index is 1290. The zero-order valence-electron chi connectivity index (χ0n) is 14.1. The fourth-order valence-electron chi connectivity index (χ4n) is 3.53. The minimum Gasteiger partial charge on any atom is -0.507 e. The molecule has 6 heteroatoms. The van der Waals surface area contributed by atoms with E-state index in [4.69, 9.17) is 0 Å². The second-order valence-corrected chi connectivity index (χ2v) is 7.75. The van der Waals surface area contributed by atoms with Crippen LogP contribution in [0.1, 0.15) is 11.1 Å². The van der Waals surface area contributed by atoms with Crippen LogP contribution in [0.2, 0.25) is 0 Å². The molecule has 4 aromatic carbocycles. The lowest BCUT2D eigenvalue weighted by atomic mass is 9.94. The summed E-state index contributed by atoms with van der Waals surface area (Å²) in [5.74, 6) is 0.125. The van der Waals surface area contributed by atoms with Gasteiger partial charge in [-0.3, -0.25) is 4.55 Å². The van der Waals surface area contributed by atoms with Gasteiger partial charge in [-0.2, -0.15) is 8.42 Å². The van der Waals surface area contributed by atoms with Gasteiger partial charge in [0.15, 0.2) is 0 Å². The normalized spacial score (nSPS) is 11.9. The number of rotatable bonds is 3. The minimum atomic E-state index is -4.42. The minimum absolute atomic E-state index is 0.0592. The van der Waals surface area contributed by atoms with E-state index in [1.165, 1.54) is 12.1 Å². The maximum atomic E-state index is 11.7. The largest absolute Gasteiger partial charge is 0.507 e. The van der Waals surface area contributed by atoms with Gasteiger partial charge in [-0.1, -0.05) is 48.5 Å². The smallest absolute Gasteiger partial charge is 0.295 e. The molecular weight excluding hydrogens is 364 g/mol. The number of aromatic hydroxyl groups is 2. The zero-order chi connectivity index (χ0) is 19.2. The van der Waals surface area contributed by atoms with E-state index >= 15 is 0 Å². The highest BCUT2D eigenvalue weighted by Gasteiger charge is 2.18. The third kappa shape index (κ3) is 2.99. The standard InChI is InChI=1S/C21H16O5S/c22-18-9-3-6-15-13(4-1-7-16(15)18)12-14-5-2-8-17-20(27(24,25)26)11-10-19(23)21(14)17/h1-11,22-23H,12H2,(H,24,25,26). The van der Waals surface area contributed by atoms with Crippen molar-refractivity contribution < 1.29 is 23.2 Å². The van der Waals surface area contributed by atoms with Gasteiger partial charge in [0.25, 0.3) is 10.1 Å². The average Bonchev–Trinajstić information content (AvgIpc) is 2.62. The molecule has 0 fully saturated rings. The lowest BCUT2D eigenvalue weighted by molar-refractivity contribution is 0.478. The number of phenolic OH excluding ortho intramolecular Hbond substituents is 2. The highest BCUT2D eigenvalue weighted by molar-refractivity contribution is 7.86. The molecule has 0 aliphatic rings. The van der Waals surface area contributed by atoms with Crippen LogP contribution < -0.4 is 0 Å². The van der Waals surface area contributed by atoms with E-state index in [2.05, 4.69) is 0 Å². The molecule has 0 unspecified atom stereocenters. The van der Waals surface area contributed by atoms with E-state index in [9.17, 15) is 23.2 Å². The summed E-state index contributed by atoms with van der Waals surface area (Å²) in [7, 11) is -4.42. The lowest BCUT2D eigenvalue weighted by Crippen LogP contribution is -2.00. The van der Waals surface area contributed by atoms with Crippen molar-refractivity contribution in [1.29, 1.82) is 0 Å². The molecule has 4 aromatic rings. The molecule has 3 N–H and O–H groups in total. The Kier molecular flexibility index (Phi) is 4.02. The molecule has 136 valence electrons. The van der Waals surface area contributed by atoms with Crippen LogP contribution in [0.25, 0.3) is 21.5 Å². The van der Waals surface area contributed by atoms with Crippen LogP contribution >= 0.6 is 0 Å². The van der Waals surface area contributed by atoms with Crippen molar-refractivity contribution in [2.45, 2.75) is 11.3 Å². The average molecular weight is 380 g/mol. The summed E-state index contributed by atoms with van der Waals surface area (Å²) >= 11 is 0. The van der Waals surface area contributed by atoms with Crippen LogP contribution in [0.3, 0.4) is 0 Å². The van der Waals surface area contributed by atoms with Crippen LogP contribution in [0.15, 0.2) is 71.6 Å². The molecule has 0 saturated heterocycles. The highest BCUT2D eigenvalue weighted by Crippen LogP contribution is 2.35. The van der Waals surface area contributed by atoms with E-state index in [1.807, 2.05) is 24.3 Å². The lowest BCUT2D eigenvalue weighted by Gasteiger charge is -2.13. The van der Waals surface area contributed by atoms with Crippen molar-refractivity contribution in [2.24, 2.45) is 0 Å². The summed E-state index contributed by atoms with van der Waals surface area (Å²) in [4.78, 5) is -0.243. The first-order valence-electron chi connectivity index (χ1n) is 8.27. The molecule has 0 amide bonds. The van der Waals surface area contributed by atoms with Gasteiger partial charge >= 0.3 is 0 Å². The molecule has 0 heterocycles. The van der Waals surface area contributed by atoms with Crippen molar-refractivity contribution in [3.63, 3.8) is 0 Å². The molecule has 0 bridgehead atoms. The second kappa shape index (κ2) is 6.26. The zero-order valence-corrected chi connectivity index (χ0v) is 14.9. The first-order chi connectivity index (χ1) is 12.9. The van der Waals surface area contributed by atoms with Gasteiger partial charge in [0.05, 0.1) is 0 Å². The van der Waals surface area contributed by atoms with Gasteiger partial charge in [-0.15, -0.1) is 0 Å². The summed E-state index contributed by atoms with van der Waals surface area (Å²) in [6.07, 6.45) is 0.417. The van der Waals surface area contributed by atoms with Gasteiger partial charge in [0.2, 0.25) is 0 Å². The molecule has 0 atom stereocenters. The summed E-state index contributed by atoms with van der Waals surface area (Å²) in [5.41, 5.74) is 1.64. The SMILES string of the molecule is O=S(=O)(O)c1ccc(O)c2c(Cc3cccc4c(O)cccc34)cccc12. The quantitative estimate of drug-likeness (QED) is 0.462. The number of hydrogen-bond acceptors (Lipinski definition) is 4. The fraction of sp³-hybridized carbons (Fsp3) is 0.0476. The molecule has 0 aromatic heterocycles. The van der Waals surface area contributed by atoms with E-state index in [1.54, 1.807) is 30.3 Å². The molecule has 0 spiro atoms. The predicted molar refractivity (Wildman–Crippen MR) is 104 cm³/mol. The van der Waals surface area contributed by atoms with Crippen molar-refractivity contribution in [2.75, 3.05) is 0 Å². The highest BCUT2D eigenvalue weighted by atomic mass is 32.2. The van der Waals surface area contributed by atoms with Gasteiger partial charge in [-0.05, 0) is 41.1 Å². The van der Waals surface area contributed by atoms with Crippen molar-refractivity contribution in [3.05, 3.63) is 77.9 Å². The van der Waals surface area contributed by atoms with Gasteiger partial charge in [0.1, 0.15) is 16.4 Å². The fourth-order valence-corrected chi connectivity index (χ4v) is 4.21. The monoisotopic (exact) mass is 380 g/mol. The first kappa shape index (κ1) is 17.3. The Balaban J connectivity index is 1.96. The summed E-state index contributed by atoms with van der Waals surface area (Å²) in [5, 5.41) is 22.7. The Labute approximate surface area is 155 Å². The molecule has 0 aliphatic carbocycles. The van der Waals surface area contributed by atoms with Crippen molar-refractivity contribution in [1.82, 2.24) is 0 Å². The Morgan fingerprint density at radius 2 is 1.30 bits per heavy atom. The topological polar surface area (TPSA) is 94.8 Å². The summed E-state index contributed by atoms with van der Waals surface area (Å²) in [6.45, 7) is 0. The maximum absolute atomic E-state index is 11.7. The predicted octanol–water partition coefficient (Wildman–Crippen LogP) is 4.24. The molecule has 5 nitrogen and oxygen atoms in total. The van der Waals surface area contributed by atoms with E-state index in [0.717, 1.165) is 16.3 Å². The number of benzene rings is 4. The van der Waals surface area contributed by atoms with Crippen LogP contribution in [0.5, 0.6) is 11.5 Å². The van der Waals surface area contributed by atoms with Crippen LogP contribution in [0, 0.1) is 0 Å². The Hall–Kier alpha value is -3.09. The van der Waals surface area contributed by atoms with Crippen LogP contribution in [0.4, 0.5) is 0 Å². The van der Waals surface area contributed by atoms with Gasteiger partial charge in [0, 0.05) is 16.2 Å². The molecule has 0 saturated carbocycles.